The van der Waals surface area contributed by atoms with Gasteiger partial charge < -0.3 is 15.2 Å². The van der Waals surface area contributed by atoms with E-state index in [1.165, 1.54) is 6.26 Å². The second kappa shape index (κ2) is 6.12. The molecule has 1 amide bonds. The van der Waals surface area contributed by atoms with E-state index in [1.807, 2.05) is 0 Å². The minimum atomic E-state index is -0.0863. The van der Waals surface area contributed by atoms with E-state index in [9.17, 15) is 4.79 Å². The molecule has 1 unspecified atom stereocenters. The van der Waals surface area contributed by atoms with Gasteiger partial charge in [-0.25, -0.2) is 0 Å². The first kappa shape index (κ1) is 14.0. The van der Waals surface area contributed by atoms with Gasteiger partial charge >= 0.3 is 0 Å². The van der Waals surface area contributed by atoms with Gasteiger partial charge in [-0.15, -0.1) is 0 Å². The van der Waals surface area contributed by atoms with Crippen LogP contribution >= 0.6 is 12.2 Å². The first-order valence-corrected chi connectivity index (χ1v) is 6.77. The standard InChI is InChI=1S/C12H18N4O2S/c1-2-10(11(13)19)15-4-6-16(7-5-15)12(17)9-3-8-18-14-9/h3,8,10H,2,4-7H2,1H3,(H2,13,19). The molecule has 0 bridgehead atoms. The Bertz CT molecular complexity index is 441. The van der Waals surface area contributed by atoms with Crippen molar-refractivity contribution in [2.45, 2.75) is 19.4 Å². The molecule has 7 heteroatoms. The summed E-state index contributed by atoms with van der Waals surface area (Å²) in [5.41, 5.74) is 6.09. The summed E-state index contributed by atoms with van der Waals surface area (Å²) in [6.07, 6.45) is 2.30. The van der Waals surface area contributed by atoms with Crippen molar-refractivity contribution in [2.75, 3.05) is 26.2 Å². The molecule has 2 N–H and O–H groups in total. The largest absolute Gasteiger partial charge is 0.392 e. The van der Waals surface area contributed by atoms with E-state index in [-0.39, 0.29) is 11.9 Å². The fraction of sp³-hybridized carbons (Fsp3) is 0.583. The summed E-state index contributed by atoms with van der Waals surface area (Å²) in [4.78, 5) is 16.6. The van der Waals surface area contributed by atoms with Crippen LogP contribution in [0.3, 0.4) is 0 Å². The highest BCUT2D eigenvalue weighted by Crippen LogP contribution is 2.12. The zero-order valence-electron chi connectivity index (χ0n) is 10.9. The Labute approximate surface area is 117 Å². The number of aromatic nitrogens is 1. The Hall–Kier alpha value is -1.47. The maximum Gasteiger partial charge on any atom is 0.276 e. The topological polar surface area (TPSA) is 75.6 Å². The Kier molecular flexibility index (Phi) is 4.49. The number of thiocarbonyl (C=S) groups is 1. The highest BCUT2D eigenvalue weighted by molar-refractivity contribution is 7.80. The van der Waals surface area contributed by atoms with Crippen molar-refractivity contribution in [3.63, 3.8) is 0 Å². The van der Waals surface area contributed by atoms with E-state index in [2.05, 4.69) is 17.0 Å². The van der Waals surface area contributed by atoms with Crippen molar-refractivity contribution in [2.24, 2.45) is 5.73 Å². The number of amides is 1. The van der Waals surface area contributed by atoms with Crippen LogP contribution in [0.1, 0.15) is 23.8 Å². The van der Waals surface area contributed by atoms with Gasteiger partial charge in [-0.05, 0) is 6.42 Å². The fourth-order valence-electron chi connectivity index (χ4n) is 2.36. The molecule has 104 valence electrons. The summed E-state index contributed by atoms with van der Waals surface area (Å²) in [6, 6.07) is 1.71. The lowest BCUT2D eigenvalue weighted by Crippen LogP contribution is -2.54. The molecule has 2 heterocycles. The minimum absolute atomic E-state index is 0.0863. The zero-order chi connectivity index (χ0) is 13.8. The van der Waals surface area contributed by atoms with Crippen LogP contribution in [0.4, 0.5) is 0 Å². The number of carbonyl (C=O) groups excluding carboxylic acids is 1. The van der Waals surface area contributed by atoms with E-state index >= 15 is 0 Å². The second-order valence-electron chi connectivity index (χ2n) is 4.54. The molecule has 6 nitrogen and oxygen atoms in total. The molecular weight excluding hydrogens is 264 g/mol. The van der Waals surface area contributed by atoms with E-state index in [4.69, 9.17) is 22.5 Å². The second-order valence-corrected chi connectivity index (χ2v) is 5.01. The third-order valence-corrected chi connectivity index (χ3v) is 3.69. The SMILES string of the molecule is CCC(C(N)=S)N1CCN(C(=O)c2ccon2)CC1. The highest BCUT2D eigenvalue weighted by Gasteiger charge is 2.27. The molecule has 1 aromatic heterocycles. The lowest BCUT2D eigenvalue weighted by Gasteiger charge is -2.38. The first-order chi connectivity index (χ1) is 9.13. The van der Waals surface area contributed by atoms with Crippen LogP contribution < -0.4 is 5.73 Å². The van der Waals surface area contributed by atoms with Crippen LogP contribution in [0.5, 0.6) is 0 Å². The number of rotatable bonds is 4. The molecular formula is C12H18N4O2S. The van der Waals surface area contributed by atoms with Gasteiger partial charge in [-0.2, -0.15) is 0 Å². The van der Waals surface area contributed by atoms with Crippen molar-refractivity contribution in [1.29, 1.82) is 0 Å². The van der Waals surface area contributed by atoms with Gasteiger partial charge in [-0.3, -0.25) is 9.69 Å². The molecule has 0 radical (unpaired) electrons. The molecule has 1 aliphatic rings. The molecule has 19 heavy (non-hydrogen) atoms. The van der Waals surface area contributed by atoms with E-state index in [1.54, 1.807) is 11.0 Å². The lowest BCUT2D eigenvalue weighted by molar-refractivity contribution is 0.0602. The van der Waals surface area contributed by atoms with Crippen LogP contribution in [0, 0.1) is 0 Å². The number of hydrogen-bond donors (Lipinski definition) is 1. The van der Waals surface area contributed by atoms with Crippen LogP contribution in [0.2, 0.25) is 0 Å². The molecule has 0 aromatic carbocycles. The van der Waals surface area contributed by atoms with Gasteiger partial charge in [0.05, 0.1) is 11.0 Å². The summed E-state index contributed by atoms with van der Waals surface area (Å²) in [6.45, 7) is 4.94. The third kappa shape index (κ3) is 3.10. The van der Waals surface area contributed by atoms with Crippen LogP contribution in [-0.2, 0) is 0 Å². The van der Waals surface area contributed by atoms with Gasteiger partial charge in [-0.1, -0.05) is 24.3 Å². The van der Waals surface area contributed by atoms with Gasteiger partial charge in [0.2, 0.25) is 0 Å². The maximum absolute atomic E-state index is 12.1. The maximum atomic E-state index is 12.1. The van der Waals surface area contributed by atoms with Crippen LogP contribution in [-0.4, -0.2) is 58.1 Å². The number of nitrogens with two attached hydrogens (primary N) is 1. The summed E-state index contributed by atoms with van der Waals surface area (Å²) < 4.78 is 4.69. The lowest BCUT2D eigenvalue weighted by atomic mass is 10.1. The van der Waals surface area contributed by atoms with Gasteiger partial charge in [0.15, 0.2) is 5.69 Å². The third-order valence-electron chi connectivity index (χ3n) is 3.41. The van der Waals surface area contributed by atoms with Gasteiger partial charge in [0.1, 0.15) is 6.26 Å². The van der Waals surface area contributed by atoms with Crippen molar-refractivity contribution >= 4 is 23.1 Å². The summed E-state index contributed by atoms with van der Waals surface area (Å²) in [5, 5.41) is 3.67. The van der Waals surface area contributed by atoms with Gasteiger partial charge in [0.25, 0.3) is 5.91 Å². The Morgan fingerprint density at radius 3 is 2.68 bits per heavy atom. The first-order valence-electron chi connectivity index (χ1n) is 6.36. The molecule has 2 rings (SSSR count). The summed E-state index contributed by atoms with van der Waals surface area (Å²) in [7, 11) is 0. The number of hydrogen-bond acceptors (Lipinski definition) is 5. The van der Waals surface area contributed by atoms with E-state index in [0.717, 1.165) is 19.5 Å². The number of carbonyl (C=O) groups is 1. The van der Waals surface area contributed by atoms with Crippen molar-refractivity contribution in [3.05, 3.63) is 18.0 Å². The van der Waals surface area contributed by atoms with Crippen LogP contribution in [0.15, 0.2) is 16.9 Å². The fourth-order valence-corrected chi connectivity index (χ4v) is 2.68. The summed E-state index contributed by atoms with van der Waals surface area (Å²) in [5.74, 6) is -0.0863. The molecule has 1 aliphatic heterocycles. The monoisotopic (exact) mass is 282 g/mol. The van der Waals surface area contributed by atoms with Crippen LogP contribution in [0.25, 0.3) is 0 Å². The normalized spacial score (nSPS) is 18.3. The van der Waals surface area contributed by atoms with Crippen molar-refractivity contribution < 1.29 is 9.32 Å². The Morgan fingerprint density at radius 1 is 1.53 bits per heavy atom. The predicted octanol–water partition coefficient (Wildman–Crippen LogP) is 0.497. The quantitative estimate of drug-likeness (QED) is 0.810. The van der Waals surface area contributed by atoms with Gasteiger partial charge in [0, 0.05) is 32.2 Å². The minimum Gasteiger partial charge on any atom is -0.392 e. The molecule has 0 aliphatic carbocycles. The van der Waals surface area contributed by atoms with Crippen molar-refractivity contribution in [1.82, 2.24) is 15.0 Å². The number of nitrogens with zero attached hydrogens (tertiary/aromatic N) is 3. The smallest absolute Gasteiger partial charge is 0.276 e. The molecule has 1 fully saturated rings. The predicted molar refractivity (Wildman–Crippen MR) is 74.8 cm³/mol. The van der Waals surface area contributed by atoms with Crippen molar-refractivity contribution in [3.8, 4) is 0 Å². The molecule has 1 saturated heterocycles. The highest BCUT2D eigenvalue weighted by atomic mass is 32.1. The molecule has 1 aromatic rings. The molecule has 1 atom stereocenters. The van der Waals surface area contributed by atoms with E-state index in [0.29, 0.717) is 23.8 Å². The van der Waals surface area contributed by atoms with E-state index < -0.39 is 0 Å². The molecule has 0 saturated carbocycles. The average molecular weight is 282 g/mol. The Balaban J connectivity index is 1.92. The zero-order valence-corrected chi connectivity index (χ0v) is 11.7. The summed E-state index contributed by atoms with van der Waals surface area (Å²) >= 11 is 5.08. The number of piperazine rings is 1. The molecule has 0 spiro atoms. The Morgan fingerprint density at radius 2 is 2.21 bits per heavy atom. The average Bonchev–Trinajstić information content (AvgIpc) is 2.93.